The molecule has 3 nitrogen and oxygen atoms in total. The van der Waals surface area contributed by atoms with Crippen LogP contribution in [-0.2, 0) is 11.2 Å². The molecule has 0 radical (unpaired) electrons. The summed E-state index contributed by atoms with van der Waals surface area (Å²) in [4.78, 5) is 10.8. The lowest BCUT2D eigenvalue weighted by Gasteiger charge is -2.18. The summed E-state index contributed by atoms with van der Waals surface area (Å²) in [6.45, 7) is 1.37. The highest BCUT2D eigenvalue weighted by atomic mass is 19.4. The van der Waals surface area contributed by atoms with Crippen LogP contribution in [0.5, 0.6) is 0 Å². The normalized spacial score (nSPS) is 13.2. The van der Waals surface area contributed by atoms with E-state index in [4.69, 9.17) is 5.11 Å². The Labute approximate surface area is 103 Å². The van der Waals surface area contributed by atoms with Crippen LogP contribution in [0.2, 0.25) is 0 Å². The van der Waals surface area contributed by atoms with E-state index in [2.05, 4.69) is 0 Å². The van der Waals surface area contributed by atoms with Crippen molar-refractivity contribution in [1.29, 1.82) is 0 Å². The van der Waals surface area contributed by atoms with E-state index < -0.39 is 18.1 Å². The largest absolute Gasteiger partial charge is 0.471 e. The van der Waals surface area contributed by atoms with Gasteiger partial charge in [-0.25, -0.2) is 0 Å². The lowest BCUT2D eigenvalue weighted by Crippen LogP contribution is -2.38. The van der Waals surface area contributed by atoms with Crippen LogP contribution in [0.3, 0.4) is 0 Å². The zero-order chi connectivity index (χ0) is 13.8. The van der Waals surface area contributed by atoms with Gasteiger partial charge in [-0.15, -0.1) is 0 Å². The first-order valence-electron chi connectivity index (χ1n) is 5.42. The number of rotatable bonds is 4. The average molecular weight is 261 g/mol. The number of benzene rings is 1. The van der Waals surface area contributed by atoms with E-state index in [9.17, 15) is 18.0 Å². The molecule has 0 spiro atoms. The number of hydrogen-bond donors (Lipinski definition) is 2. The molecule has 18 heavy (non-hydrogen) atoms. The Morgan fingerprint density at radius 2 is 2.00 bits per heavy atom. The molecule has 0 aliphatic carbocycles. The predicted molar refractivity (Wildman–Crippen MR) is 59.8 cm³/mol. The molecule has 1 atom stereocenters. The Hall–Kier alpha value is -1.56. The maximum absolute atomic E-state index is 12.1. The van der Waals surface area contributed by atoms with Crippen LogP contribution in [0, 0.1) is 0 Å². The van der Waals surface area contributed by atoms with Gasteiger partial charge in [-0.1, -0.05) is 24.3 Å². The SMILES string of the molecule is CC(NC(=O)C(F)(F)F)c1ccccc1CCO. The van der Waals surface area contributed by atoms with Gasteiger partial charge < -0.3 is 10.4 Å². The van der Waals surface area contributed by atoms with Gasteiger partial charge in [0.2, 0.25) is 0 Å². The van der Waals surface area contributed by atoms with Crippen molar-refractivity contribution in [2.75, 3.05) is 6.61 Å². The van der Waals surface area contributed by atoms with Crippen molar-refractivity contribution in [3.63, 3.8) is 0 Å². The van der Waals surface area contributed by atoms with Crippen LogP contribution < -0.4 is 5.32 Å². The maximum atomic E-state index is 12.1. The van der Waals surface area contributed by atoms with Crippen molar-refractivity contribution >= 4 is 5.91 Å². The van der Waals surface area contributed by atoms with Crippen molar-refractivity contribution in [1.82, 2.24) is 5.32 Å². The number of carbonyl (C=O) groups excluding carboxylic acids is 1. The summed E-state index contributed by atoms with van der Waals surface area (Å²) in [5.74, 6) is -1.96. The molecule has 0 saturated carbocycles. The minimum Gasteiger partial charge on any atom is -0.396 e. The fourth-order valence-corrected chi connectivity index (χ4v) is 1.66. The summed E-state index contributed by atoms with van der Waals surface area (Å²) in [7, 11) is 0. The van der Waals surface area contributed by atoms with E-state index in [1.54, 1.807) is 24.3 Å². The third kappa shape index (κ3) is 3.73. The van der Waals surface area contributed by atoms with Gasteiger partial charge in [-0.05, 0) is 24.5 Å². The van der Waals surface area contributed by atoms with E-state index in [1.807, 2.05) is 5.32 Å². The quantitative estimate of drug-likeness (QED) is 0.870. The molecule has 0 fully saturated rings. The highest BCUT2D eigenvalue weighted by Crippen LogP contribution is 2.21. The molecule has 1 amide bonds. The number of halogens is 3. The summed E-state index contributed by atoms with van der Waals surface area (Å²) in [5.41, 5.74) is 1.29. The molecule has 1 unspecified atom stereocenters. The molecule has 0 aromatic heterocycles. The van der Waals surface area contributed by atoms with E-state index in [0.717, 1.165) is 5.56 Å². The lowest BCUT2D eigenvalue weighted by atomic mass is 9.99. The van der Waals surface area contributed by atoms with Gasteiger partial charge in [0, 0.05) is 6.61 Å². The van der Waals surface area contributed by atoms with Gasteiger partial charge in [0.05, 0.1) is 6.04 Å². The van der Waals surface area contributed by atoms with Gasteiger partial charge >= 0.3 is 12.1 Å². The van der Waals surface area contributed by atoms with Gasteiger partial charge in [0.15, 0.2) is 0 Å². The smallest absolute Gasteiger partial charge is 0.396 e. The second-order valence-electron chi connectivity index (χ2n) is 3.87. The number of aliphatic hydroxyl groups is 1. The first-order valence-corrected chi connectivity index (χ1v) is 5.42. The number of amides is 1. The molecule has 0 saturated heterocycles. The zero-order valence-electron chi connectivity index (χ0n) is 9.79. The van der Waals surface area contributed by atoms with Gasteiger partial charge in [-0.3, -0.25) is 4.79 Å². The van der Waals surface area contributed by atoms with Crippen LogP contribution in [0.1, 0.15) is 24.1 Å². The Kier molecular flexibility index (Phi) is 4.72. The minimum atomic E-state index is -4.89. The van der Waals surface area contributed by atoms with Gasteiger partial charge in [-0.2, -0.15) is 13.2 Å². The van der Waals surface area contributed by atoms with Crippen molar-refractivity contribution in [3.05, 3.63) is 35.4 Å². The molecule has 1 rings (SSSR count). The molecule has 1 aromatic carbocycles. The summed E-state index contributed by atoms with van der Waals surface area (Å²) >= 11 is 0. The van der Waals surface area contributed by atoms with Crippen molar-refractivity contribution in [2.45, 2.75) is 25.6 Å². The second kappa shape index (κ2) is 5.86. The summed E-state index contributed by atoms with van der Waals surface area (Å²) in [6, 6.07) is 5.98. The highest BCUT2D eigenvalue weighted by Gasteiger charge is 2.39. The molecular weight excluding hydrogens is 247 g/mol. The molecule has 6 heteroatoms. The summed E-state index contributed by atoms with van der Waals surface area (Å²) < 4.78 is 36.4. The average Bonchev–Trinajstić information content (AvgIpc) is 2.28. The molecule has 2 N–H and O–H groups in total. The zero-order valence-corrected chi connectivity index (χ0v) is 9.79. The van der Waals surface area contributed by atoms with Crippen LogP contribution >= 0.6 is 0 Å². The molecule has 1 aromatic rings. The van der Waals surface area contributed by atoms with E-state index in [-0.39, 0.29) is 6.61 Å². The first-order chi connectivity index (χ1) is 8.36. The number of aliphatic hydroxyl groups excluding tert-OH is 1. The number of nitrogens with one attached hydrogen (secondary N) is 1. The Morgan fingerprint density at radius 3 is 2.56 bits per heavy atom. The van der Waals surface area contributed by atoms with Crippen LogP contribution in [0.15, 0.2) is 24.3 Å². The van der Waals surface area contributed by atoms with Crippen molar-refractivity contribution < 1.29 is 23.1 Å². The van der Waals surface area contributed by atoms with Gasteiger partial charge in [0.25, 0.3) is 0 Å². The monoisotopic (exact) mass is 261 g/mol. The molecule has 0 heterocycles. The van der Waals surface area contributed by atoms with Crippen molar-refractivity contribution in [3.8, 4) is 0 Å². The van der Waals surface area contributed by atoms with Crippen LogP contribution in [0.4, 0.5) is 13.2 Å². The fraction of sp³-hybridized carbons (Fsp3) is 0.417. The molecular formula is C12H14F3NO2. The second-order valence-corrected chi connectivity index (χ2v) is 3.87. The highest BCUT2D eigenvalue weighted by molar-refractivity contribution is 5.82. The molecule has 100 valence electrons. The predicted octanol–water partition coefficient (Wildman–Crippen LogP) is 1.96. The van der Waals surface area contributed by atoms with Crippen LogP contribution in [0.25, 0.3) is 0 Å². The number of hydrogen-bond acceptors (Lipinski definition) is 2. The number of alkyl halides is 3. The van der Waals surface area contributed by atoms with Crippen LogP contribution in [-0.4, -0.2) is 23.8 Å². The first kappa shape index (κ1) is 14.5. The Balaban J connectivity index is 2.84. The fourth-order valence-electron chi connectivity index (χ4n) is 1.66. The molecule has 0 aliphatic rings. The van der Waals surface area contributed by atoms with Gasteiger partial charge in [0.1, 0.15) is 0 Å². The third-order valence-corrected chi connectivity index (χ3v) is 2.51. The summed E-state index contributed by atoms with van der Waals surface area (Å²) in [6.07, 6.45) is -4.55. The Bertz CT molecular complexity index is 418. The maximum Gasteiger partial charge on any atom is 0.471 e. The van der Waals surface area contributed by atoms with E-state index in [1.165, 1.54) is 6.92 Å². The van der Waals surface area contributed by atoms with Crippen molar-refractivity contribution in [2.24, 2.45) is 0 Å². The molecule has 0 aliphatic heterocycles. The Morgan fingerprint density at radius 1 is 1.39 bits per heavy atom. The van der Waals surface area contributed by atoms with E-state index in [0.29, 0.717) is 12.0 Å². The molecule has 0 bridgehead atoms. The minimum absolute atomic E-state index is 0.100. The standard InChI is InChI=1S/C12H14F3NO2/c1-8(16-11(18)12(13,14)15)10-5-3-2-4-9(10)6-7-17/h2-5,8,17H,6-7H2,1H3,(H,16,18). The summed E-state index contributed by atoms with van der Waals surface area (Å²) in [5, 5.41) is 10.8. The van der Waals surface area contributed by atoms with E-state index >= 15 is 0 Å². The topological polar surface area (TPSA) is 49.3 Å². The number of carbonyl (C=O) groups is 1. The lowest BCUT2D eigenvalue weighted by molar-refractivity contribution is -0.174. The third-order valence-electron chi connectivity index (χ3n) is 2.51.